The Kier molecular flexibility index (Phi) is 9.00. The Balaban J connectivity index is 1.48. The third-order valence-electron chi connectivity index (χ3n) is 4.67. The van der Waals surface area contributed by atoms with Gasteiger partial charge in [-0.1, -0.05) is 11.8 Å². The molecule has 0 N–H and O–H groups in total. The van der Waals surface area contributed by atoms with Crippen LogP contribution in [0.3, 0.4) is 0 Å². The third-order valence-corrected chi connectivity index (χ3v) is 4.67. The molecule has 0 aliphatic heterocycles. The minimum atomic E-state index is -0.486. The summed E-state index contributed by atoms with van der Waals surface area (Å²) in [5.41, 5.74) is 2.52. The van der Waals surface area contributed by atoms with Crippen LogP contribution in [-0.2, 0) is 9.53 Å². The van der Waals surface area contributed by atoms with Crippen molar-refractivity contribution < 1.29 is 28.6 Å². The molecule has 0 aromatic heterocycles. The van der Waals surface area contributed by atoms with Crippen molar-refractivity contribution >= 4 is 18.2 Å². The molecule has 0 unspecified atom stereocenters. The molecule has 0 aliphatic rings. The quantitative estimate of drug-likeness (QED) is 0.151. The minimum absolute atomic E-state index is 0.269. The van der Waals surface area contributed by atoms with Crippen LogP contribution in [0.1, 0.15) is 51.6 Å². The second-order valence-corrected chi connectivity index (χ2v) is 7.32. The average molecular weight is 456 g/mol. The molecule has 3 rings (SSSR count). The Morgan fingerprint density at radius 2 is 1.32 bits per heavy atom. The van der Waals surface area contributed by atoms with Crippen LogP contribution in [0.2, 0.25) is 0 Å². The van der Waals surface area contributed by atoms with E-state index in [1.54, 1.807) is 48.5 Å². The maximum atomic E-state index is 12.3. The predicted octanol–water partition coefficient (Wildman–Crippen LogP) is 4.84. The lowest BCUT2D eigenvalue weighted by Gasteiger charge is -2.06. The van der Waals surface area contributed by atoms with Crippen molar-refractivity contribution in [3.05, 3.63) is 95.1 Å². The van der Waals surface area contributed by atoms with Crippen LogP contribution in [0, 0.1) is 11.8 Å². The highest BCUT2D eigenvalue weighted by Crippen LogP contribution is 2.15. The Morgan fingerprint density at radius 1 is 0.765 bits per heavy atom. The molecule has 0 aliphatic carbocycles. The molecule has 34 heavy (non-hydrogen) atoms. The number of rotatable bonds is 9. The zero-order valence-electron chi connectivity index (χ0n) is 18.8. The summed E-state index contributed by atoms with van der Waals surface area (Å²) in [6, 6.07) is 20.6. The van der Waals surface area contributed by atoms with Gasteiger partial charge in [0.05, 0.1) is 18.8 Å². The van der Waals surface area contributed by atoms with Gasteiger partial charge in [0.25, 0.3) is 0 Å². The number of benzene rings is 3. The molecule has 0 saturated heterocycles. The zero-order chi connectivity index (χ0) is 24.2. The van der Waals surface area contributed by atoms with Gasteiger partial charge in [0, 0.05) is 23.6 Å². The van der Waals surface area contributed by atoms with Crippen LogP contribution in [0.15, 0.2) is 72.8 Å². The third kappa shape index (κ3) is 7.95. The van der Waals surface area contributed by atoms with Gasteiger partial charge in [0.2, 0.25) is 0 Å². The smallest absolute Gasteiger partial charge is 0.343 e. The molecule has 3 aromatic rings. The lowest BCUT2D eigenvalue weighted by Crippen LogP contribution is -2.08. The molecule has 0 bridgehead atoms. The van der Waals surface area contributed by atoms with Crippen LogP contribution in [0.5, 0.6) is 11.5 Å². The summed E-state index contributed by atoms with van der Waals surface area (Å²) < 4.78 is 15.9. The van der Waals surface area contributed by atoms with E-state index in [9.17, 15) is 14.4 Å². The Labute approximate surface area is 198 Å². The Bertz CT molecular complexity index is 1170. The molecule has 3 aromatic carbocycles. The molecule has 0 radical (unpaired) electrons. The summed E-state index contributed by atoms with van der Waals surface area (Å²) in [5, 5.41) is 0. The molecule has 0 atom stereocenters. The van der Waals surface area contributed by atoms with Gasteiger partial charge < -0.3 is 14.2 Å². The molecule has 6 nitrogen and oxygen atoms in total. The van der Waals surface area contributed by atoms with Gasteiger partial charge in [-0.2, -0.15) is 0 Å². The first-order valence-electron chi connectivity index (χ1n) is 10.8. The summed E-state index contributed by atoms with van der Waals surface area (Å²) in [6.07, 6.45) is 2.28. The second-order valence-electron chi connectivity index (χ2n) is 7.32. The van der Waals surface area contributed by atoms with Gasteiger partial charge in [0.15, 0.2) is 0 Å². The highest BCUT2D eigenvalue weighted by molar-refractivity contribution is 5.91. The lowest BCUT2D eigenvalue weighted by molar-refractivity contribution is -0.141. The first-order valence-corrected chi connectivity index (χ1v) is 10.8. The van der Waals surface area contributed by atoms with E-state index in [2.05, 4.69) is 11.8 Å². The second kappa shape index (κ2) is 12.6. The molecular weight excluding hydrogens is 432 g/mol. The average Bonchev–Trinajstić information content (AvgIpc) is 2.86. The molecule has 6 heteroatoms. The minimum Gasteiger partial charge on any atom is -0.494 e. The number of hydrogen-bond acceptors (Lipinski definition) is 6. The first kappa shape index (κ1) is 24.3. The molecular formula is C28H24O6. The van der Waals surface area contributed by atoms with E-state index >= 15 is 0 Å². The van der Waals surface area contributed by atoms with Crippen LogP contribution < -0.4 is 9.47 Å². The van der Waals surface area contributed by atoms with E-state index in [4.69, 9.17) is 14.2 Å². The SMILES string of the molecule is CC(=O)OCCCCOc1ccc(C#Cc2ccc(C(=O)Oc3ccc(C=O)cc3)cc2)cc1. The predicted molar refractivity (Wildman–Crippen MR) is 127 cm³/mol. The van der Waals surface area contributed by atoms with Crippen molar-refractivity contribution in [2.45, 2.75) is 19.8 Å². The summed E-state index contributed by atoms with van der Waals surface area (Å²) in [6.45, 7) is 2.35. The van der Waals surface area contributed by atoms with Gasteiger partial charge in [-0.15, -0.1) is 0 Å². The number of esters is 2. The highest BCUT2D eigenvalue weighted by Gasteiger charge is 2.08. The normalized spacial score (nSPS) is 9.91. The van der Waals surface area contributed by atoms with Gasteiger partial charge in [-0.3, -0.25) is 9.59 Å². The highest BCUT2D eigenvalue weighted by atomic mass is 16.5. The largest absolute Gasteiger partial charge is 0.494 e. The zero-order valence-corrected chi connectivity index (χ0v) is 18.8. The maximum absolute atomic E-state index is 12.3. The number of unbranched alkanes of at least 4 members (excludes halogenated alkanes) is 1. The van der Waals surface area contributed by atoms with Crippen LogP contribution in [0.4, 0.5) is 0 Å². The molecule has 0 saturated carbocycles. The monoisotopic (exact) mass is 456 g/mol. The van der Waals surface area contributed by atoms with E-state index in [0.29, 0.717) is 30.1 Å². The van der Waals surface area contributed by atoms with Gasteiger partial charge in [-0.05, 0) is 85.6 Å². The van der Waals surface area contributed by atoms with Crippen molar-refractivity contribution in [3.63, 3.8) is 0 Å². The fourth-order valence-electron chi connectivity index (χ4n) is 2.86. The van der Waals surface area contributed by atoms with Gasteiger partial charge >= 0.3 is 11.9 Å². The molecule has 0 amide bonds. The molecule has 0 spiro atoms. The summed E-state index contributed by atoms with van der Waals surface area (Å²) in [7, 11) is 0. The number of carbonyl (C=O) groups excluding carboxylic acids is 3. The van der Waals surface area contributed by atoms with Crippen LogP contribution in [-0.4, -0.2) is 31.4 Å². The number of carbonyl (C=O) groups is 3. The fraction of sp³-hybridized carbons (Fsp3) is 0.179. The van der Waals surface area contributed by atoms with Crippen LogP contribution in [0.25, 0.3) is 0 Å². The number of hydrogen-bond donors (Lipinski definition) is 0. The molecule has 0 fully saturated rings. The standard InChI is InChI=1S/C28H24O6/c1-21(30)32-18-2-3-19-33-26-14-8-23(9-15-26)5-4-22-6-12-25(13-7-22)28(31)34-27-16-10-24(20-29)11-17-27/h6-17,20H,2-3,18-19H2,1H3. The van der Waals surface area contributed by atoms with E-state index in [1.165, 1.54) is 6.92 Å². The Morgan fingerprint density at radius 3 is 1.91 bits per heavy atom. The van der Waals surface area contributed by atoms with Crippen molar-refractivity contribution in [2.75, 3.05) is 13.2 Å². The van der Waals surface area contributed by atoms with E-state index in [-0.39, 0.29) is 5.97 Å². The van der Waals surface area contributed by atoms with Gasteiger partial charge in [0.1, 0.15) is 17.8 Å². The maximum Gasteiger partial charge on any atom is 0.343 e. The van der Waals surface area contributed by atoms with Gasteiger partial charge in [-0.25, -0.2) is 4.79 Å². The summed E-state index contributed by atoms with van der Waals surface area (Å²) in [4.78, 5) is 33.7. The van der Waals surface area contributed by atoms with Crippen molar-refractivity contribution in [2.24, 2.45) is 0 Å². The number of ether oxygens (including phenoxy) is 3. The van der Waals surface area contributed by atoms with Crippen LogP contribution >= 0.6 is 0 Å². The van der Waals surface area contributed by atoms with E-state index < -0.39 is 5.97 Å². The lowest BCUT2D eigenvalue weighted by atomic mass is 10.1. The fourth-order valence-corrected chi connectivity index (χ4v) is 2.86. The van der Waals surface area contributed by atoms with E-state index in [0.717, 1.165) is 36.0 Å². The Hall–Kier alpha value is -4.37. The van der Waals surface area contributed by atoms with Crippen molar-refractivity contribution in [1.82, 2.24) is 0 Å². The van der Waals surface area contributed by atoms with Crippen molar-refractivity contribution in [3.8, 4) is 23.3 Å². The number of aldehydes is 1. The first-order chi connectivity index (χ1) is 16.5. The summed E-state index contributed by atoms with van der Waals surface area (Å²) >= 11 is 0. The summed E-state index contributed by atoms with van der Waals surface area (Å²) in [5.74, 6) is 6.52. The molecule has 172 valence electrons. The topological polar surface area (TPSA) is 78.9 Å². The molecule has 0 heterocycles. The van der Waals surface area contributed by atoms with Crippen molar-refractivity contribution in [1.29, 1.82) is 0 Å². The van der Waals surface area contributed by atoms with E-state index in [1.807, 2.05) is 24.3 Å².